The molecule has 1 aromatic rings. The Morgan fingerprint density at radius 2 is 1.80 bits per heavy atom. The van der Waals surface area contributed by atoms with Crippen molar-refractivity contribution in [2.24, 2.45) is 7.05 Å². The molecule has 0 saturated heterocycles. The normalized spacial score (nSPS) is 11.9. The molecule has 1 aromatic heterocycles. The van der Waals surface area contributed by atoms with Crippen molar-refractivity contribution in [3.8, 4) is 0 Å². The van der Waals surface area contributed by atoms with E-state index in [2.05, 4.69) is 34.8 Å². The fourth-order valence-corrected chi connectivity index (χ4v) is 0.975. The number of aryl methyl sites for hydroxylation is 2. The molecule has 1 heterocycles. The molecule has 0 spiro atoms. The number of hydrogen-bond donors (Lipinski definition) is 0. The Hall–Kier alpha value is 1.11. The van der Waals surface area contributed by atoms with Crippen LogP contribution in [0.25, 0.3) is 0 Å². The van der Waals surface area contributed by atoms with E-state index in [1.54, 1.807) is 0 Å². The second-order valence-electron chi connectivity index (χ2n) is 2.93. The molecule has 0 aliphatic heterocycles. The Morgan fingerprint density at radius 3 is 2.13 bits per heavy atom. The van der Waals surface area contributed by atoms with E-state index >= 15 is 0 Å². The van der Waals surface area contributed by atoms with E-state index in [0.29, 0.717) is 0 Å². The van der Waals surface area contributed by atoms with E-state index in [1.165, 1.54) is 12.8 Å². The summed E-state index contributed by atoms with van der Waals surface area (Å²) in [7, 11) is 22.0. The molecule has 0 aliphatic rings. The number of hydrogen-bond acceptors (Lipinski definition) is 0. The van der Waals surface area contributed by atoms with Gasteiger partial charge in [0.2, 0.25) is 6.33 Å². The first-order valence-electron chi connectivity index (χ1n) is 4.29. The minimum atomic E-state index is -3.00. The van der Waals surface area contributed by atoms with Crippen LogP contribution >= 0.6 is 36.8 Å². The molecule has 0 radical (unpaired) electrons. The zero-order valence-electron chi connectivity index (χ0n) is 8.56. The zero-order chi connectivity index (χ0) is 11.9. The van der Waals surface area contributed by atoms with E-state index in [4.69, 9.17) is 36.8 Å². The van der Waals surface area contributed by atoms with Crippen LogP contribution in [0.5, 0.6) is 0 Å². The number of halogens is 4. The molecule has 1 rings (SSSR count). The van der Waals surface area contributed by atoms with Gasteiger partial charge in [-0.25, -0.2) is 9.13 Å². The van der Waals surface area contributed by atoms with Crippen LogP contribution in [0, 0.1) is 0 Å². The molecule has 0 atom stereocenters. The average molecular weight is 478 g/mol. The molecule has 0 aliphatic carbocycles. The van der Waals surface area contributed by atoms with Crippen LogP contribution in [0.15, 0.2) is 18.7 Å². The van der Waals surface area contributed by atoms with Crippen LogP contribution in [0.4, 0.5) is 0 Å². The summed E-state index contributed by atoms with van der Waals surface area (Å²) in [5.41, 5.74) is 0. The topological polar surface area (TPSA) is 8.81 Å². The summed E-state index contributed by atoms with van der Waals surface area (Å²) >= 11 is -3.00. The predicted molar refractivity (Wildman–Crippen MR) is 63.9 cm³/mol. The van der Waals surface area contributed by atoms with Gasteiger partial charge in [-0.3, -0.25) is 0 Å². The number of aromatic nitrogens is 2. The number of imidazole rings is 1. The Kier molecular flexibility index (Phi) is 8.85. The van der Waals surface area contributed by atoms with Crippen molar-refractivity contribution in [1.29, 1.82) is 0 Å². The third kappa shape index (κ3) is 13.0. The van der Waals surface area contributed by atoms with Gasteiger partial charge in [-0.2, -0.15) is 0 Å². The van der Waals surface area contributed by atoms with Crippen LogP contribution in [-0.2, 0) is 26.4 Å². The molecule has 96 valence electrons. The monoisotopic (exact) mass is 476 g/mol. The Morgan fingerprint density at radius 1 is 1.27 bits per heavy atom. The zero-order valence-corrected chi connectivity index (χ0v) is 13.8. The summed E-state index contributed by atoms with van der Waals surface area (Å²) < 4.78 is 4.28. The van der Waals surface area contributed by atoms with Gasteiger partial charge in [0, 0.05) is 0 Å². The van der Waals surface area contributed by atoms with Gasteiger partial charge >= 0.3 is 49.6 Å². The fraction of sp³-hybridized carbons (Fsp3) is 0.625. The third-order valence-electron chi connectivity index (χ3n) is 1.59. The van der Waals surface area contributed by atoms with Crippen molar-refractivity contribution in [3.05, 3.63) is 18.7 Å². The number of unbranched alkanes of at least 4 members (excludes halogenated alkanes) is 1. The summed E-state index contributed by atoms with van der Waals surface area (Å²) in [6, 6.07) is 0. The summed E-state index contributed by atoms with van der Waals surface area (Å²) in [5, 5.41) is 0. The van der Waals surface area contributed by atoms with Crippen molar-refractivity contribution in [2.75, 3.05) is 0 Å². The van der Waals surface area contributed by atoms with Crippen molar-refractivity contribution >= 4 is 36.8 Å². The Labute approximate surface area is 110 Å². The molecule has 0 unspecified atom stereocenters. The first-order valence-corrected chi connectivity index (χ1v) is 15.0. The Bertz CT molecular complexity index is 266. The fourth-order valence-electron chi connectivity index (χ4n) is 0.975. The first kappa shape index (κ1) is 16.1. The van der Waals surface area contributed by atoms with E-state index < -0.39 is 12.8 Å². The average Bonchev–Trinajstić information content (AvgIpc) is 2.45. The molecule has 15 heavy (non-hydrogen) atoms. The minimum absolute atomic E-state index is 1.15. The van der Waals surface area contributed by atoms with Gasteiger partial charge < -0.3 is 0 Å². The predicted octanol–water partition coefficient (Wildman–Crippen LogP) is 3.87. The number of rotatable bonds is 3. The summed E-state index contributed by atoms with van der Waals surface area (Å²) in [5.74, 6) is 0. The maximum absolute atomic E-state index is 5.00. The van der Waals surface area contributed by atoms with Gasteiger partial charge in [-0.1, -0.05) is 13.3 Å². The molecule has 7 heteroatoms. The van der Waals surface area contributed by atoms with E-state index in [9.17, 15) is 0 Å². The molecule has 0 saturated carbocycles. The molecule has 2 nitrogen and oxygen atoms in total. The second-order valence-corrected chi connectivity index (χ2v) is 21.7. The molecular formula is C8H15AuCl4N2. The third-order valence-corrected chi connectivity index (χ3v) is 1.59. The van der Waals surface area contributed by atoms with Gasteiger partial charge in [0.15, 0.2) is 0 Å². The summed E-state index contributed by atoms with van der Waals surface area (Å²) in [6.07, 6.45) is 8.82. The standard InChI is InChI=1S/C8H15N2.Au.4ClH/c1-3-4-5-10-7-6-9(2)8-10;;;;;/h6-8H,3-5H2,1-2H3;;4*1H/q+1;+3;;;;/p-4. The van der Waals surface area contributed by atoms with Crippen LogP contribution in [0.2, 0.25) is 0 Å². The molecule has 0 fully saturated rings. The van der Waals surface area contributed by atoms with Crippen molar-refractivity contribution in [1.82, 2.24) is 4.57 Å². The van der Waals surface area contributed by atoms with Gasteiger partial charge in [0.25, 0.3) is 0 Å². The molecule has 0 aromatic carbocycles. The Balaban J connectivity index is 0.000000336. The van der Waals surface area contributed by atoms with Crippen LogP contribution in [-0.4, -0.2) is 4.57 Å². The molecular weight excluding hydrogens is 463 g/mol. The first-order chi connectivity index (χ1) is 6.83. The summed E-state index contributed by atoms with van der Waals surface area (Å²) in [4.78, 5) is 0. The second kappa shape index (κ2) is 8.24. The number of nitrogens with zero attached hydrogens (tertiary/aromatic N) is 2. The van der Waals surface area contributed by atoms with Crippen LogP contribution in [0.1, 0.15) is 19.8 Å². The van der Waals surface area contributed by atoms with E-state index in [1.807, 2.05) is 7.05 Å². The maximum atomic E-state index is 5.00. The molecule has 0 amide bonds. The van der Waals surface area contributed by atoms with Gasteiger partial charge in [0.1, 0.15) is 12.4 Å². The van der Waals surface area contributed by atoms with E-state index in [-0.39, 0.29) is 0 Å². The molecule has 0 bridgehead atoms. The quantitative estimate of drug-likeness (QED) is 0.461. The summed E-state index contributed by atoms with van der Waals surface area (Å²) in [6.45, 7) is 3.36. The van der Waals surface area contributed by atoms with Gasteiger partial charge in [-0.05, 0) is 6.42 Å². The SMILES string of the molecule is CCCCn1cc[n+](C)c1.[Cl][Au-]([Cl])([Cl])[Cl]. The van der Waals surface area contributed by atoms with Crippen LogP contribution in [0.3, 0.4) is 0 Å². The van der Waals surface area contributed by atoms with Crippen molar-refractivity contribution in [2.45, 2.75) is 26.3 Å². The van der Waals surface area contributed by atoms with Crippen molar-refractivity contribution < 1.29 is 17.4 Å². The van der Waals surface area contributed by atoms with E-state index in [0.717, 1.165) is 6.54 Å². The van der Waals surface area contributed by atoms with Crippen LogP contribution < -0.4 is 4.57 Å². The molecule has 0 N–H and O–H groups in total. The van der Waals surface area contributed by atoms with Gasteiger partial charge in [-0.15, -0.1) is 0 Å². The van der Waals surface area contributed by atoms with Crippen molar-refractivity contribution in [3.63, 3.8) is 0 Å². The van der Waals surface area contributed by atoms with Gasteiger partial charge in [0.05, 0.1) is 13.6 Å².